The van der Waals surface area contributed by atoms with E-state index < -0.39 is 28.0 Å². The molecule has 1 unspecified atom stereocenters. The number of hydrogen-bond acceptors (Lipinski definition) is 6. The normalized spacial score (nSPS) is 14.0. The molecule has 9 heteroatoms. The number of Topliss-reactive ketones (excluding diaryl/α,β-unsaturated/α-hetero) is 1. The Morgan fingerprint density at radius 3 is 2.48 bits per heavy atom. The summed E-state index contributed by atoms with van der Waals surface area (Å²) in [5.41, 5.74) is 3.40. The van der Waals surface area contributed by atoms with E-state index in [9.17, 15) is 18.3 Å². The van der Waals surface area contributed by atoms with E-state index in [-0.39, 0.29) is 17.2 Å². The van der Waals surface area contributed by atoms with E-state index in [1.807, 2.05) is 33.0 Å². The molecular weight excluding hydrogens is 440 g/mol. The third-order valence-corrected chi connectivity index (χ3v) is 7.42. The highest BCUT2D eigenvalue weighted by molar-refractivity contribution is 7.89. The lowest BCUT2D eigenvalue weighted by Gasteiger charge is -2.28. The number of H-pyrrole nitrogens is 1. The van der Waals surface area contributed by atoms with Crippen LogP contribution in [0.1, 0.15) is 37.4 Å². The molecule has 2 N–H and O–H groups in total. The predicted octanol–water partition coefficient (Wildman–Crippen LogP) is 2.96. The van der Waals surface area contributed by atoms with Gasteiger partial charge in [-0.05, 0) is 43.0 Å². The molecule has 2 aliphatic heterocycles. The molecule has 0 aromatic heterocycles. The molecule has 3 rings (SSSR count). The number of aromatic amines is 1. The Labute approximate surface area is 194 Å². The number of pyridine rings is 1. The van der Waals surface area contributed by atoms with Gasteiger partial charge in [-0.25, -0.2) is 18.4 Å². The fourth-order valence-electron chi connectivity index (χ4n) is 3.75. The first-order valence-electron chi connectivity index (χ1n) is 10.8. The molecule has 8 nitrogen and oxygen atoms in total. The van der Waals surface area contributed by atoms with Crippen LogP contribution in [-0.2, 0) is 21.2 Å². The number of aryl methyl sites for hydroxylation is 1. The van der Waals surface area contributed by atoms with Crippen molar-refractivity contribution in [2.75, 3.05) is 7.05 Å². The summed E-state index contributed by atoms with van der Waals surface area (Å²) in [4.78, 5) is 24.8. The van der Waals surface area contributed by atoms with Gasteiger partial charge in [0.1, 0.15) is 17.6 Å². The van der Waals surface area contributed by atoms with Gasteiger partial charge in [-0.2, -0.15) is 4.31 Å². The van der Waals surface area contributed by atoms with Crippen LogP contribution in [0.2, 0.25) is 0 Å². The van der Waals surface area contributed by atoms with Crippen LogP contribution in [0.25, 0.3) is 11.4 Å². The summed E-state index contributed by atoms with van der Waals surface area (Å²) in [6, 6.07) is 7.42. The maximum absolute atomic E-state index is 13.3. The number of nitrogens with one attached hydrogen (secondary N) is 1. The number of likely N-dealkylation sites (N-methyl/N-ethyl adjacent to an activating group) is 1. The number of sulfonamides is 1. The van der Waals surface area contributed by atoms with Crippen molar-refractivity contribution in [2.24, 2.45) is 5.92 Å². The average molecular weight is 471 g/mol. The van der Waals surface area contributed by atoms with Crippen LogP contribution in [-0.4, -0.2) is 57.8 Å². The van der Waals surface area contributed by atoms with Crippen molar-refractivity contribution < 1.29 is 18.3 Å². The number of aliphatic hydroxyl groups excluding tert-OH is 1. The number of hydrogen-bond donors (Lipinski definition) is 2. The SMILES string of the molecule is C=CC(O)C(=O)[C@H](CC(C)C)N(C)S(=O)(=O)c1ccc(Cc2[nH]ccc3nc(C)nc2-3)cc1. The Morgan fingerprint density at radius 2 is 1.88 bits per heavy atom. The first-order valence-corrected chi connectivity index (χ1v) is 12.2. The molecule has 0 saturated heterocycles. The molecular formula is C24H30N4O4S. The average Bonchev–Trinajstić information content (AvgIpc) is 3.17. The molecule has 0 saturated carbocycles. The van der Waals surface area contributed by atoms with Crippen LogP contribution < -0.4 is 0 Å². The van der Waals surface area contributed by atoms with Crippen LogP contribution in [0, 0.1) is 12.8 Å². The number of aromatic nitrogens is 3. The van der Waals surface area contributed by atoms with Gasteiger partial charge in [-0.3, -0.25) is 4.79 Å². The predicted molar refractivity (Wildman–Crippen MR) is 126 cm³/mol. The maximum atomic E-state index is 13.3. The lowest BCUT2D eigenvalue weighted by atomic mass is 9.97. The van der Waals surface area contributed by atoms with Crippen molar-refractivity contribution in [3.63, 3.8) is 0 Å². The molecule has 2 atom stereocenters. The quantitative estimate of drug-likeness (QED) is 0.440. The molecule has 2 aliphatic rings. The monoisotopic (exact) mass is 470 g/mol. The van der Waals surface area contributed by atoms with Crippen LogP contribution >= 0.6 is 0 Å². The van der Waals surface area contributed by atoms with Gasteiger partial charge in [0.2, 0.25) is 10.0 Å². The minimum atomic E-state index is -3.95. The zero-order valence-electron chi connectivity index (χ0n) is 19.3. The Morgan fingerprint density at radius 1 is 1.21 bits per heavy atom. The number of carbonyl (C=O) groups is 1. The van der Waals surface area contributed by atoms with Crippen LogP contribution in [0.4, 0.5) is 0 Å². The van der Waals surface area contributed by atoms with Crippen LogP contribution in [0.5, 0.6) is 0 Å². The van der Waals surface area contributed by atoms with E-state index in [1.54, 1.807) is 12.1 Å². The first-order chi connectivity index (χ1) is 15.5. The molecule has 33 heavy (non-hydrogen) atoms. The van der Waals surface area contributed by atoms with Crippen molar-refractivity contribution in [2.45, 2.75) is 50.7 Å². The molecule has 176 valence electrons. The number of imidazole rings is 1. The molecule has 0 amide bonds. The second-order valence-corrected chi connectivity index (χ2v) is 10.5. The lowest BCUT2D eigenvalue weighted by molar-refractivity contribution is -0.129. The van der Waals surface area contributed by atoms with Gasteiger partial charge in [-0.1, -0.05) is 32.1 Å². The van der Waals surface area contributed by atoms with Gasteiger partial charge in [0, 0.05) is 25.4 Å². The molecule has 1 aromatic rings. The van der Waals surface area contributed by atoms with Gasteiger partial charge in [0.25, 0.3) is 0 Å². The van der Waals surface area contributed by atoms with Crippen molar-refractivity contribution in [3.05, 3.63) is 66.3 Å². The van der Waals surface area contributed by atoms with Crippen molar-refractivity contribution in [1.29, 1.82) is 0 Å². The van der Waals surface area contributed by atoms with E-state index in [4.69, 9.17) is 0 Å². The Balaban J connectivity index is 1.84. The fourth-order valence-corrected chi connectivity index (χ4v) is 5.09. The second-order valence-electron chi connectivity index (χ2n) is 8.53. The Kier molecular flexibility index (Phi) is 7.46. The minimum absolute atomic E-state index is 0.0536. The minimum Gasteiger partial charge on any atom is -0.381 e. The highest BCUT2D eigenvalue weighted by Gasteiger charge is 2.35. The molecule has 1 aromatic carbocycles. The first kappa shape index (κ1) is 24.8. The van der Waals surface area contributed by atoms with E-state index in [0.29, 0.717) is 12.2 Å². The second kappa shape index (κ2) is 9.94. The summed E-state index contributed by atoms with van der Waals surface area (Å²) < 4.78 is 27.6. The van der Waals surface area contributed by atoms with Gasteiger partial charge < -0.3 is 10.1 Å². The number of rotatable bonds is 10. The summed E-state index contributed by atoms with van der Waals surface area (Å²) in [6.07, 6.45) is 2.32. The summed E-state index contributed by atoms with van der Waals surface area (Å²) in [5.74, 6) is 0.163. The maximum Gasteiger partial charge on any atom is 0.243 e. The summed E-state index contributed by atoms with van der Waals surface area (Å²) >= 11 is 0. The van der Waals surface area contributed by atoms with Gasteiger partial charge >= 0.3 is 0 Å². The lowest BCUT2D eigenvalue weighted by Crippen LogP contribution is -2.46. The van der Waals surface area contributed by atoms with Crippen LogP contribution in [0.15, 0.2) is 54.1 Å². The number of nitrogens with zero attached hydrogens (tertiary/aromatic N) is 3. The number of ketones is 1. The number of carbonyl (C=O) groups excluding carboxylic acids is 1. The molecule has 0 spiro atoms. The molecule has 0 bridgehead atoms. The Bertz CT molecular complexity index is 1200. The number of benzene rings is 1. The van der Waals surface area contributed by atoms with E-state index in [0.717, 1.165) is 33.0 Å². The summed E-state index contributed by atoms with van der Waals surface area (Å²) in [7, 11) is -2.58. The Hall–Kier alpha value is -2.88. The highest BCUT2D eigenvalue weighted by Crippen LogP contribution is 2.25. The number of fused-ring (bicyclic) bond motifs is 1. The number of aliphatic hydroxyl groups is 1. The summed E-state index contributed by atoms with van der Waals surface area (Å²) in [5, 5.41) is 9.95. The third-order valence-electron chi connectivity index (χ3n) is 5.54. The molecule has 0 radical (unpaired) electrons. The third kappa shape index (κ3) is 5.38. The van der Waals surface area contributed by atoms with Gasteiger partial charge in [0.05, 0.1) is 16.6 Å². The summed E-state index contributed by atoms with van der Waals surface area (Å²) in [6.45, 7) is 9.07. The fraction of sp³-hybridized carbons (Fsp3) is 0.375. The highest BCUT2D eigenvalue weighted by atomic mass is 32.2. The van der Waals surface area contributed by atoms with Crippen LogP contribution in [0.3, 0.4) is 0 Å². The zero-order valence-corrected chi connectivity index (χ0v) is 20.1. The van der Waals surface area contributed by atoms with Gasteiger partial charge in [-0.15, -0.1) is 6.58 Å². The topological polar surface area (TPSA) is 116 Å². The van der Waals surface area contributed by atoms with E-state index in [2.05, 4.69) is 21.5 Å². The zero-order chi connectivity index (χ0) is 24.3. The van der Waals surface area contributed by atoms with Gasteiger partial charge in [0.15, 0.2) is 5.78 Å². The van der Waals surface area contributed by atoms with Crippen molar-refractivity contribution in [1.82, 2.24) is 19.3 Å². The van der Waals surface area contributed by atoms with Crippen molar-refractivity contribution in [3.8, 4) is 11.4 Å². The van der Waals surface area contributed by atoms with E-state index >= 15 is 0 Å². The standard InChI is InChI=1S/C24H30N4O4S/c1-6-22(29)24(30)21(13-15(2)3)28(5)33(31,32)18-9-7-17(8-10-18)14-20-23-19(11-12-25-20)26-16(4)27-23/h6-12,15,21-22,25,29H,1,13-14H2,2-5H3/t21-,22?/m0/s1. The van der Waals surface area contributed by atoms with Crippen molar-refractivity contribution >= 4 is 15.8 Å². The molecule has 2 heterocycles. The molecule has 0 aliphatic carbocycles. The van der Waals surface area contributed by atoms with E-state index in [1.165, 1.54) is 19.2 Å². The largest absolute Gasteiger partial charge is 0.381 e. The smallest absolute Gasteiger partial charge is 0.243 e. The molecule has 0 fully saturated rings.